The number of methoxy groups -OCH3 is 1. The molecule has 0 bridgehead atoms. The van der Waals surface area contributed by atoms with Gasteiger partial charge in [0.1, 0.15) is 11.4 Å². The average molecular weight is 363 g/mol. The maximum absolute atomic E-state index is 11.9. The maximum atomic E-state index is 11.9. The van der Waals surface area contributed by atoms with E-state index in [1.54, 1.807) is 6.07 Å². The number of esters is 1. The Bertz CT molecular complexity index is 692. The molecule has 0 saturated carbocycles. The zero-order valence-corrected chi connectivity index (χ0v) is 16.5. The fraction of sp³-hybridized carbons (Fsp3) is 0.600. The summed E-state index contributed by atoms with van der Waals surface area (Å²) in [7, 11) is 1.37. The van der Waals surface area contributed by atoms with Crippen molar-refractivity contribution in [2.75, 3.05) is 20.3 Å². The van der Waals surface area contributed by atoms with Crippen LogP contribution in [0.25, 0.3) is 0 Å². The molecule has 1 N–H and O–H groups in total. The number of ether oxygens (including phenoxy) is 3. The number of hydrogen-bond acceptors (Lipinski definition) is 5. The zero-order chi connectivity index (χ0) is 19.5. The van der Waals surface area contributed by atoms with E-state index in [-0.39, 0.29) is 11.4 Å². The fourth-order valence-electron chi connectivity index (χ4n) is 3.14. The minimum Gasteiger partial charge on any atom is -0.493 e. The minimum atomic E-state index is -0.513. The third-order valence-electron chi connectivity index (χ3n) is 4.64. The summed E-state index contributed by atoms with van der Waals surface area (Å²) in [4.78, 5) is 23.8. The van der Waals surface area contributed by atoms with E-state index in [1.807, 2.05) is 33.8 Å². The monoisotopic (exact) mass is 363 g/mol. The molecule has 1 heterocycles. The number of hydrogen-bond donors (Lipinski definition) is 1. The molecule has 2 rings (SSSR count). The Morgan fingerprint density at radius 1 is 1.31 bits per heavy atom. The molecule has 0 fully saturated rings. The first kappa shape index (κ1) is 20.1. The lowest BCUT2D eigenvalue weighted by Crippen LogP contribution is -2.37. The average Bonchev–Trinajstić information content (AvgIpc) is 2.53. The van der Waals surface area contributed by atoms with E-state index < -0.39 is 11.7 Å². The Hall–Kier alpha value is -2.24. The van der Waals surface area contributed by atoms with Crippen LogP contribution in [0.1, 0.15) is 62.0 Å². The topological polar surface area (TPSA) is 73.9 Å². The van der Waals surface area contributed by atoms with Gasteiger partial charge < -0.3 is 19.5 Å². The van der Waals surface area contributed by atoms with Crippen molar-refractivity contribution in [3.63, 3.8) is 0 Å². The third kappa shape index (κ3) is 4.68. The summed E-state index contributed by atoms with van der Waals surface area (Å²) in [5, 5.41) is 2.82. The van der Waals surface area contributed by atoms with Crippen molar-refractivity contribution in [3.8, 4) is 5.75 Å². The predicted molar refractivity (Wildman–Crippen MR) is 98.8 cm³/mol. The lowest BCUT2D eigenvalue weighted by molar-refractivity contribution is 0.0521. The van der Waals surface area contributed by atoms with Gasteiger partial charge in [-0.2, -0.15) is 0 Å². The van der Waals surface area contributed by atoms with Crippen LogP contribution >= 0.6 is 0 Å². The number of alkyl carbamates (subject to hydrolysis) is 1. The van der Waals surface area contributed by atoms with Crippen molar-refractivity contribution < 1.29 is 23.8 Å². The van der Waals surface area contributed by atoms with Gasteiger partial charge in [-0.05, 0) is 52.2 Å². The molecule has 1 unspecified atom stereocenters. The first-order chi connectivity index (χ1) is 12.1. The van der Waals surface area contributed by atoms with Crippen molar-refractivity contribution in [1.29, 1.82) is 0 Å². The molecule has 144 valence electrons. The highest BCUT2D eigenvalue weighted by atomic mass is 16.6. The molecule has 1 aromatic carbocycles. The van der Waals surface area contributed by atoms with Crippen LogP contribution in [0.3, 0.4) is 0 Å². The molecule has 0 saturated heterocycles. The van der Waals surface area contributed by atoms with Crippen molar-refractivity contribution in [2.45, 2.75) is 58.5 Å². The molecular formula is C20H29NO5. The molecule has 1 aliphatic rings. The van der Waals surface area contributed by atoms with Crippen LogP contribution in [0, 0.1) is 6.92 Å². The lowest BCUT2D eigenvalue weighted by Gasteiger charge is -2.36. The Morgan fingerprint density at radius 2 is 2.00 bits per heavy atom. The predicted octanol–water partition coefficient (Wildman–Crippen LogP) is 3.74. The second-order valence-corrected chi connectivity index (χ2v) is 7.99. The van der Waals surface area contributed by atoms with E-state index in [9.17, 15) is 9.59 Å². The number of amides is 1. The van der Waals surface area contributed by atoms with Crippen LogP contribution in [-0.2, 0) is 14.9 Å². The maximum Gasteiger partial charge on any atom is 0.407 e. The van der Waals surface area contributed by atoms with Crippen LogP contribution in [0.15, 0.2) is 12.1 Å². The highest BCUT2D eigenvalue weighted by Gasteiger charge is 2.34. The number of carbonyl (C=O) groups excluding carboxylic acids is 2. The molecule has 0 radical (unpaired) electrons. The van der Waals surface area contributed by atoms with Crippen LogP contribution in [0.4, 0.5) is 4.79 Å². The molecule has 0 aliphatic carbocycles. The van der Waals surface area contributed by atoms with Gasteiger partial charge in [-0.1, -0.05) is 13.0 Å². The standard InChI is InChI=1S/C20H29NO5/c1-13-11-15-16(12-14(13)17(22)24-6)25-10-8-20(15,5)7-9-21-18(23)26-19(2,3)4/h11-12H,7-10H2,1-6H3,(H,21,23). The second kappa shape index (κ2) is 7.56. The van der Waals surface area contributed by atoms with Crippen LogP contribution in [0.5, 0.6) is 5.75 Å². The third-order valence-corrected chi connectivity index (χ3v) is 4.64. The van der Waals surface area contributed by atoms with Gasteiger partial charge in [0.15, 0.2) is 0 Å². The van der Waals surface area contributed by atoms with Gasteiger partial charge >= 0.3 is 12.1 Å². The van der Waals surface area contributed by atoms with Gasteiger partial charge in [-0.25, -0.2) is 9.59 Å². The highest BCUT2D eigenvalue weighted by Crippen LogP contribution is 2.42. The Labute approximate surface area is 155 Å². The number of carbonyl (C=O) groups is 2. The van der Waals surface area contributed by atoms with E-state index in [0.29, 0.717) is 24.5 Å². The molecule has 0 aromatic heterocycles. The van der Waals surface area contributed by atoms with Gasteiger partial charge in [-0.15, -0.1) is 0 Å². The van der Waals surface area contributed by atoms with Gasteiger partial charge in [0.2, 0.25) is 0 Å². The smallest absolute Gasteiger partial charge is 0.407 e. The molecule has 1 aromatic rings. The quantitative estimate of drug-likeness (QED) is 0.825. The largest absolute Gasteiger partial charge is 0.493 e. The number of aryl methyl sites for hydroxylation is 1. The van der Waals surface area contributed by atoms with Gasteiger partial charge in [0.05, 0.1) is 19.3 Å². The van der Waals surface area contributed by atoms with E-state index in [4.69, 9.17) is 14.2 Å². The van der Waals surface area contributed by atoms with Crippen LogP contribution in [0.2, 0.25) is 0 Å². The highest BCUT2D eigenvalue weighted by molar-refractivity contribution is 5.91. The summed E-state index contributed by atoms with van der Waals surface area (Å²) < 4.78 is 15.9. The van der Waals surface area contributed by atoms with Gasteiger partial charge in [0, 0.05) is 17.5 Å². The summed E-state index contributed by atoms with van der Waals surface area (Å²) in [5.41, 5.74) is 1.76. The van der Waals surface area contributed by atoms with Crippen LogP contribution in [-0.4, -0.2) is 37.9 Å². The summed E-state index contributed by atoms with van der Waals surface area (Å²) in [5.74, 6) is 0.342. The van der Waals surface area contributed by atoms with Crippen molar-refractivity contribution >= 4 is 12.1 Å². The first-order valence-corrected chi connectivity index (χ1v) is 8.89. The lowest BCUT2D eigenvalue weighted by atomic mass is 9.74. The number of benzene rings is 1. The van der Waals surface area contributed by atoms with E-state index in [2.05, 4.69) is 12.2 Å². The fourth-order valence-corrected chi connectivity index (χ4v) is 3.14. The molecule has 26 heavy (non-hydrogen) atoms. The molecule has 6 nitrogen and oxygen atoms in total. The molecule has 1 amide bonds. The zero-order valence-electron chi connectivity index (χ0n) is 16.5. The number of rotatable bonds is 4. The van der Waals surface area contributed by atoms with Gasteiger partial charge in [0.25, 0.3) is 0 Å². The molecular weight excluding hydrogens is 334 g/mol. The summed E-state index contributed by atoms with van der Waals surface area (Å²) >= 11 is 0. The van der Waals surface area contributed by atoms with Gasteiger partial charge in [-0.3, -0.25) is 0 Å². The van der Waals surface area contributed by atoms with E-state index in [1.165, 1.54) is 7.11 Å². The summed E-state index contributed by atoms with van der Waals surface area (Å²) in [6.45, 7) is 10.6. The Kier molecular flexibility index (Phi) is 5.84. The molecule has 0 spiro atoms. The second-order valence-electron chi connectivity index (χ2n) is 7.99. The SMILES string of the molecule is COC(=O)c1cc2c(cc1C)C(C)(CCNC(=O)OC(C)(C)C)CCO2. The van der Waals surface area contributed by atoms with E-state index in [0.717, 1.165) is 24.0 Å². The summed E-state index contributed by atoms with van der Waals surface area (Å²) in [6.07, 6.45) is 1.18. The normalized spacial score (nSPS) is 19.2. The van der Waals surface area contributed by atoms with Crippen LogP contribution < -0.4 is 10.1 Å². The van der Waals surface area contributed by atoms with E-state index >= 15 is 0 Å². The minimum absolute atomic E-state index is 0.151. The first-order valence-electron chi connectivity index (χ1n) is 8.89. The van der Waals surface area contributed by atoms with Crippen molar-refractivity contribution in [3.05, 3.63) is 28.8 Å². The molecule has 1 aliphatic heterocycles. The number of fused-ring (bicyclic) bond motifs is 1. The Balaban J connectivity index is 2.13. The van der Waals surface area contributed by atoms with Crippen molar-refractivity contribution in [2.24, 2.45) is 0 Å². The number of nitrogens with one attached hydrogen (secondary N) is 1. The van der Waals surface area contributed by atoms with Crippen molar-refractivity contribution in [1.82, 2.24) is 5.32 Å². The molecule has 6 heteroatoms. The molecule has 1 atom stereocenters. The summed E-state index contributed by atoms with van der Waals surface area (Å²) in [6, 6.07) is 3.75. The Morgan fingerprint density at radius 3 is 2.62 bits per heavy atom.